The minimum Gasteiger partial charge on any atom is -0.507 e. The van der Waals surface area contributed by atoms with Crippen molar-refractivity contribution in [1.29, 1.82) is 10.5 Å². The average Bonchev–Trinajstić information content (AvgIpc) is 3.47. The van der Waals surface area contributed by atoms with Gasteiger partial charge in [0.15, 0.2) is 5.78 Å². The highest BCUT2D eigenvalue weighted by atomic mass is 16.3. The molecule has 0 spiro atoms. The lowest BCUT2D eigenvalue weighted by molar-refractivity contribution is 0.103. The molecule has 192 valence electrons. The Bertz CT molecular complexity index is 1790. The molecule has 5 rings (SSSR count). The molecule has 0 saturated carbocycles. The van der Waals surface area contributed by atoms with Gasteiger partial charge in [0.2, 0.25) is 0 Å². The molecule has 4 heteroatoms. The molecule has 4 aromatic rings. The second kappa shape index (κ2) is 10.7. The van der Waals surface area contributed by atoms with E-state index in [1.54, 1.807) is 48.5 Å². The number of Topliss-reactive ketones (excluding diaryl/α,β-unsaturated/α-hetero) is 1. The Labute approximate surface area is 234 Å². The van der Waals surface area contributed by atoms with E-state index in [1.807, 2.05) is 30.4 Å². The van der Waals surface area contributed by atoms with Gasteiger partial charge in [-0.25, -0.2) is 0 Å². The molecule has 1 aliphatic rings. The number of ketones is 1. The summed E-state index contributed by atoms with van der Waals surface area (Å²) in [5.41, 5.74) is 5.97. The van der Waals surface area contributed by atoms with E-state index < -0.39 is 5.41 Å². The maximum Gasteiger partial charge on any atom is 0.193 e. The summed E-state index contributed by atoms with van der Waals surface area (Å²) in [6.07, 6.45) is 3.67. The van der Waals surface area contributed by atoms with E-state index in [0.717, 1.165) is 22.3 Å². The fraction of sp³-hybridized carbons (Fsp3) is 0.0833. The molecule has 1 aliphatic carbocycles. The summed E-state index contributed by atoms with van der Waals surface area (Å²) < 4.78 is 0. The van der Waals surface area contributed by atoms with E-state index in [1.165, 1.54) is 0 Å². The summed E-state index contributed by atoms with van der Waals surface area (Å²) in [4.78, 5) is 13.8. The van der Waals surface area contributed by atoms with Crippen molar-refractivity contribution >= 4 is 11.5 Å². The number of benzene rings is 4. The first kappa shape index (κ1) is 26.2. The number of aliphatic hydroxyl groups is 1. The summed E-state index contributed by atoms with van der Waals surface area (Å²) in [6.45, 7) is 4.17. The molecule has 1 N–H and O–H groups in total. The molecular weight excluding hydrogens is 492 g/mol. The van der Waals surface area contributed by atoms with Gasteiger partial charge in [0.05, 0.1) is 23.3 Å². The minimum atomic E-state index is -0.494. The molecule has 0 aliphatic heterocycles. The zero-order valence-electron chi connectivity index (χ0n) is 22.2. The van der Waals surface area contributed by atoms with Gasteiger partial charge in [-0.3, -0.25) is 4.79 Å². The molecule has 0 amide bonds. The second-order valence-electron chi connectivity index (χ2n) is 10.2. The Morgan fingerprint density at radius 1 is 0.700 bits per heavy atom. The van der Waals surface area contributed by atoms with Crippen molar-refractivity contribution in [3.05, 3.63) is 160 Å². The highest BCUT2D eigenvalue weighted by molar-refractivity contribution is 6.14. The van der Waals surface area contributed by atoms with Crippen molar-refractivity contribution in [2.45, 2.75) is 19.3 Å². The molecule has 0 atom stereocenters. The molecule has 0 radical (unpaired) electrons. The average molecular weight is 519 g/mol. The van der Waals surface area contributed by atoms with Crippen LogP contribution in [0.25, 0.3) is 16.9 Å². The smallest absolute Gasteiger partial charge is 0.193 e. The van der Waals surface area contributed by atoms with Gasteiger partial charge in [0.25, 0.3) is 0 Å². The van der Waals surface area contributed by atoms with Crippen molar-refractivity contribution < 1.29 is 9.90 Å². The number of aliphatic hydroxyl groups excluding tert-OH is 1. The van der Waals surface area contributed by atoms with Crippen LogP contribution in [0.1, 0.15) is 46.5 Å². The summed E-state index contributed by atoms with van der Waals surface area (Å²) in [6, 6.07) is 35.9. The predicted molar refractivity (Wildman–Crippen MR) is 157 cm³/mol. The highest BCUT2D eigenvalue weighted by Crippen LogP contribution is 2.41. The van der Waals surface area contributed by atoms with Crippen LogP contribution in [0.3, 0.4) is 0 Å². The number of hydrogen-bond acceptors (Lipinski definition) is 4. The second-order valence-corrected chi connectivity index (χ2v) is 10.2. The van der Waals surface area contributed by atoms with E-state index in [0.29, 0.717) is 33.4 Å². The quantitative estimate of drug-likeness (QED) is 0.206. The fourth-order valence-electron chi connectivity index (χ4n) is 4.91. The molecule has 0 bridgehead atoms. The van der Waals surface area contributed by atoms with Crippen molar-refractivity contribution in [3.63, 3.8) is 0 Å². The van der Waals surface area contributed by atoms with Gasteiger partial charge < -0.3 is 5.11 Å². The first-order valence-electron chi connectivity index (χ1n) is 12.9. The van der Waals surface area contributed by atoms with Crippen molar-refractivity contribution in [3.8, 4) is 23.3 Å². The fourth-order valence-corrected chi connectivity index (χ4v) is 4.91. The Balaban J connectivity index is 1.60. The zero-order valence-corrected chi connectivity index (χ0v) is 22.2. The van der Waals surface area contributed by atoms with Gasteiger partial charge in [0.1, 0.15) is 5.76 Å². The van der Waals surface area contributed by atoms with Gasteiger partial charge >= 0.3 is 0 Å². The third-order valence-electron chi connectivity index (χ3n) is 7.34. The van der Waals surface area contributed by atoms with Crippen LogP contribution in [-0.2, 0) is 5.41 Å². The number of hydrogen-bond donors (Lipinski definition) is 1. The molecule has 0 unspecified atom stereocenters. The summed E-state index contributed by atoms with van der Waals surface area (Å²) in [5, 5.41) is 30.1. The van der Waals surface area contributed by atoms with E-state index in [4.69, 9.17) is 0 Å². The minimum absolute atomic E-state index is 0.0848. The Hall–Kier alpha value is -5.45. The van der Waals surface area contributed by atoms with Crippen LogP contribution in [0.4, 0.5) is 0 Å². The number of carbonyl (C=O) groups is 1. The Morgan fingerprint density at radius 3 is 1.90 bits per heavy atom. The molecular formula is C36H26N2O2. The lowest BCUT2D eigenvalue weighted by Gasteiger charge is -2.26. The molecule has 40 heavy (non-hydrogen) atoms. The topological polar surface area (TPSA) is 84.9 Å². The van der Waals surface area contributed by atoms with Crippen LogP contribution in [-0.4, -0.2) is 10.9 Å². The van der Waals surface area contributed by atoms with Gasteiger partial charge in [-0.1, -0.05) is 92.7 Å². The standard InChI is InChI=1S/C36H26N2O2/c1-36(2,30-16-14-27(15-17-30)26-10-4-3-5-11-26)31-20-32(34(39)28-12-6-8-24(18-28)22-37)33(21-31)35(40)29-13-7-9-25(19-29)23-38/h3-21,39H,1-2H3/b34-32-. The molecule has 0 heterocycles. The van der Waals surface area contributed by atoms with Gasteiger partial charge in [0, 0.05) is 27.7 Å². The van der Waals surface area contributed by atoms with Crippen LogP contribution >= 0.6 is 0 Å². The monoisotopic (exact) mass is 518 g/mol. The summed E-state index contributed by atoms with van der Waals surface area (Å²) >= 11 is 0. The third kappa shape index (κ3) is 4.99. The van der Waals surface area contributed by atoms with Crippen LogP contribution in [0.5, 0.6) is 0 Å². The van der Waals surface area contributed by atoms with Gasteiger partial charge in [-0.05, 0) is 58.7 Å². The lowest BCUT2D eigenvalue weighted by atomic mass is 9.77. The van der Waals surface area contributed by atoms with Gasteiger partial charge in [-0.15, -0.1) is 0 Å². The number of carbonyl (C=O) groups excluding carboxylic acids is 1. The number of nitrogens with zero attached hydrogens (tertiary/aromatic N) is 2. The highest BCUT2D eigenvalue weighted by Gasteiger charge is 2.32. The molecule has 4 aromatic carbocycles. The first-order valence-corrected chi connectivity index (χ1v) is 12.9. The third-order valence-corrected chi connectivity index (χ3v) is 7.34. The lowest BCUT2D eigenvalue weighted by Crippen LogP contribution is -2.18. The van der Waals surface area contributed by atoms with Gasteiger partial charge in [-0.2, -0.15) is 10.5 Å². The SMILES string of the molecule is CC(C)(C1=C/C(=C(/O)c2cccc(C#N)c2)C(C(=O)c2cccc(C#N)c2)=C1)c1ccc(-c2ccccc2)cc1. The maximum atomic E-state index is 13.8. The van der Waals surface area contributed by atoms with Crippen LogP contribution in [0.15, 0.2) is 132 Å². The number of nitriles is 2. The molecule has 4 nitrogen and oxygen atoms in total. The van der Waals surface area contributed by atoms with E-state index >= 15 is 0 Å². The van der Waals surface area contributed by atoms with Crippen molar-refractivity contribution in [2.24, 2.45) is 0 Å². The van der Waals surface area contributed by atoms with Crippen molar-refractivity contribution in [2.75, 3.05) is 0 Å². The van der Waals surface area contributed by atoms with Crippen LogP contribution in [0, 0.1) is 22.7 Å². The number of rotatable bonds is 6. The van der Waals surface area contributed by atoms with E-state index in [-0.39, 0.29) is 11.5 Å². The van der Waals surface area contributed by atoms with Crippen LogP contribution < -0.4 is 0 Å². The first-order chi connectivity index (χ1) is 19.3. The molecule has 0 aromatic heterocycles. The largest absolute Gasteiger partial charge is 0.507 e. The molecule has 0 fully saturated rings. The predicted octanol–water partition coefficient (Wildman–Crippen LogP) is 8.09. The van der Waals surface area contributed by atoms with Crippen molar-refractivity contribution in [1.82, 2.24) is 0 Å². The number of allylic oxidation sites excluding steroid dienone is 5. The summed E-state index contributed by atoms with van der Waals surface area (Å²) in [7, 11) is 0. The molecule has 0 saturated heterocycles. The maximum absolute atomic E-state index is 13.8. The Kier molecular flexibility index (Phi) is 7.02. The van der Waals surface area contributed by atoms with Crippen LogP contribution in [0.2, 0.25) is 0 Å². The normalized spacial score (nSPS) is 14.0. The zero-order chi connectivity index (χ0) is 28.3. The van der Waals surface area contributed by atoms with E-state index in [9.17, 15) is 20.4 Å². The summed E-state index contributed by atoms with van der Waals surface area (Å²) in [5.74, 6) is -0.380. The Morgan fingerprint density at radius 2 is 1.27 bits per heavy atom. The van der Waals surface area contributed by atoms with E-state index in [2.05, 4.69) is 62.4 Å².